The molecule has 0 aliphatic rings. The van der Waals surface area contributed by atoms with Crippen LogP contribution >= 0.6 is 11.8 Å². The Morgan fingerprint density at radius 3 is 2.53 bits per heavy atom. The van der Waals surface area contributed by atoms with Crippen LogP contribution < -0.4 is 10.5 Å². The van der Waals surface area contributed by atoms with Crippen molar-refractivity contribution < 1.29 is 9.47 Å². The predicted molar refractivity (Wildman–Crippen MR) is 83.0 cm³/mol. The van der Waals surface area contributed by atoms with E-state index in [-0.39, 0.29) is 10.8 Å². The summed E-state index contributed by atoms with van der Waals surface area (Å²) >= 11 is 1.87. The molecule has 0 aliphatic heterocycles. The first-order chi connectivity index (χ1) is 8.94. The number of hydrogen-bond donors (Lipinski definition) is 1. The summed E-state index contributed by atoms with van der Waals surface area (Å²) in [4.78, 5) is 0. The minimum Gasteiger partial charge on any atom is -0.491 e. The number of rotatable bonds is 7. The van der Waals surface area contributed by atoms with Gasteiger partial charge in [-0.25, -0.2) is 0 Å². The first kappa shape index (κ1) is 16.3. The lowest BCUT2D eigenvalue weighted by Crippen LogP contribution is -2.19. The average Bonchev–Trinajstić information content (AvgIpc) is 2.36. The monoisotopic (exact) mass is 283 g/mol. The maximum atomic E-state index is 6.28. The molecule has 0 bridgehead atoms. The largest absolute Gasteiger partial charge is 0.491 e. The Morgan fingerprint density at radius 1 is 1.21 bits per heavy atom. The van der Waals surface area contributed by atoms with Crippen LogP contribution in [0.15, 0.2) is 24.3 Å². The molecule has 1 aromatic carbocycles. The lowest BCUT2D eigenvalue weighted by Gasteiger charge is -2.22. The van der Waals surface area contributed by atoms with Crippen LogP contribution in [0.2, 0.25) is 0 Å². The van der Waals surface area contributed by atoms with Crippen molar-refractivity contribution in [1.29, 1.82) is 0 Å². The van der Waals surface area contributed by atoms with Crippen LogP contribution in [0.4, 0.5) is 0 Å². The number of methoxy groups -OCH3 is 1. The highest BCUT2D eigenvalue weighted by Crippen LogP contribution is 2.30. The summed E-state index contributed by atoms with van der Waals surface area (Å²) in [5, 5.41) is 0. The zero-order chi connectivity index (χ0) is 14.3. The average molecular weight is 283 g/mol. The molecule has 108 valence electrons. The maximum absolute atomic E-state index is 6.28. The van der Waals surface area contributed by atoms with Crippen LogP contribution in [0, 0.1) is 0 Å². The van der Waals surface area contributed by atoms with Gasteiger partial charge in [0.05, 0.1) is 6.61 Å². The fourth-order valence-corrected chi connectivity index (χ4v) is 2.44. The van der Waals surface area contributed by atoms with Gasteiger partial charge in [-0.05, 0) is 6.07 Å². The smallest absolute Gasteiger partial charge is 0.124 e. The SMILES string of the molecule is COCCOc1ccccc1C(N)CSC(C)(C)C. The van der Waals surface area contributed by atoms with E-state index in [1.165, 1.54) is 0 Å². The Balaban J connectivity index is 2.64. The molecule has 1 aromatic rings. The van der Waals surface area contributed by atoms with Crippen LogP contribution in [-0.4, -0.2) is 30.8 Å². The van der Waals surface area contributed by atoms with Crippen molar-refractivity contribution in [2.45, 2.75) is 31.6 Å². The second kappa shape index (κ2) is 7.78. The summed E-state index contributed by atoms with van der Waals surface area (Å²) in [6, 6.07) is 7.96. The maximum Gasteiger partial charge on any atom is 0.124 e. The van der Waals surface area contributed by atoms with Crippen LogP contribution in [0.1, 0.15) is 32.4 Å². The highest BCUT2D eigenvalue weighted by atomic mass is 32.2. The Morgan fingerprint density at radius 2 is 1.89 bits per heavy atom. The number of nitrogens with two attached hydrogens (primary N) is 1. The van der Waals surface area contributed by atoms with Crippen molar-refractivity contribution in [3.05, 3.63) is 29.8 Å². The van der Waals surface area contributed by atoms with Gasteiger partial charge >= 0.3 is 0 Å². The summed E-state index contributed by atoms with van der Waals surface area (Å²) in [6.45, 7) is 7.73. The third kappa shape index (κ3) is 6.32. The van der Waals surface area contributed by atoms with Gasteiger partial charge in [-0.1, -0.05) is 39.0 Å². The Bertz CT molecular complexity index is 377. The molecule has 0 aromatic heterocycles. The molecule has 0 aliphatic carbocycles. The van der Waals surface area contributed by atoms with E-state index in [0.717, 1.165) is 17.1 Å². The summed E-state index contributed by atoms with van der Waals surface area (Å²) < 4.78 is 10.9. The van der Waals surface area contributed by atoms with E-state index in [0.29, 0.717) is 13.2 Å². The van der Waals surface area contributed by atoms with Gasteiger partial charge in [-0.3, -0.25) is 0 Å². The normalized spacial score (nSPS) is 13.3. The van der Waals surface area contributed by atoms with Crippen molar-refractivity contribution in [1.82, 2.24) is 0 Å². The van der Waals surface area contributed by atoms with Crippen molar-refractivity contribution >= 4 is 11.8 Å². The Hall–Kier alpha value is -0.710. The standard InChI is InChI=1S/C15H25NO2S/c1-15(2,3)19-11-13(16)12-7-5-6-8-14(12)18-10-9-17-4/h5-8,13H,9-11,16H2,1-4H3. The third-order valence-corrected chi connectivity index (χ3v) is 3.95. The van der Waals surface area contributed by atoms with Gasteiger partial charge in [0.25, 0.3) is 0 Å². The summed E-state index contributed by atoms with van der Waals surface area (Å²) in [7, 11) is 1.67. The van der Waals surface area contributed by atoms with E-state index in [1.807, 2.05) is 36.0 Å². The van der Waals surface area contributed by atoms with Gasteiger partial charge in [0.1, 0.15) is 12.4 Å². The number of thioether (sulfide) groups is 1. The molecule has 0 saturated heterocycles. The molecule has 0 radical (unpaired) electrons. The van der Waals surface area contributed by atoms with Crippen molar-refractivity contribution in [2.24, 2.45) is 5.73 Å². The molecular formula is C15H25NO2S. The molecule has 1 atom stereocenters. The number of para-hydroxylation sites is 1. The second-order valence-corrected chi connectivity index (χ2v) is 7.26. The molecule has 0 spiro atoms. The number of benzene rings is 1. The highest BCUT2D eigenvalue weighted by Gasteiger charge is 2.16. The van der Waals surface area contributed by atoms with E-state index >= 15 is 0 Å². The zero-order valence-electron chi connectivity index (χ0n) is 12.3. The minimum atomic E-state index is -0.0111. The lowest BCUT2D eigenvalue weighted by molar-refractivity contribution is 0.145. The zero-order valence-corrected chi connectivity index (χ0v) is 13.1. The topological polar surface area (TPSA) is 44.5 Å². The first-order valence-corrected chi connectivity index (χ1v) is 7.53. The lowest BCUT2D eigenvalue weighted by atomic mass is 10.1. The molecule has 0 heterocycles. The molecule has 19 heavy (non-hydrogen) atoms. The molecule has 1 unspecified atom stereocenters. The third-order valence-electron chi connectivity index (χ3n) is 2.56. The number of ether oxygens (including phenoxy) is 2. The van der Waals surface area contributed by atoms with Crippen LogP contribution in [0.25, 0.3) is 0 Å². The fourth-order valence-electron chi connectivity index (χ4n) is 1.58. The molecule has 0 amide bonds. The second-order valence-electron chi connectivity index (χ2n) is 5.41. The van der Waals surface area contributed by atoms with E-state index in [4.69, 9.17) is 15.2 Å². The summed E-state index contributed by atoms with van der Waals surface area (Å²) in [5.74, 6) is 1.75. The predicted octanol–water partition coefficient (Wildman–Crippen LogP) is 3.24. The van der Waals surface area contributed by atoms with Crippen LogP contribution in [0.3, 0.4) is 0 Å². The molecule has 1 rings (SSSR count). The van der Waals surface area contributed by atoms with E-state index in [1.54, 1.807) is 7.11 Å². The molecule has 3 nitrogen and oxygen atoms in total. The quantitative estimate of drug-likeness (QED) is 0.780. The highest BCUT2D eigenvalue weighted by molar-refractivity contribution is 8.00. The molecule has 0 saturated carbocycles. The van der Waals surface area contributed by atoms with Gasteiger partial charge in [-0.2, -0.15) is 11.8 Å². The molecular weight excluding hydrogens is 258 g/mol. The minimum absolute atomic E-state index is 0.0111. The Labute approximate surface area is 120 Å². The van der Waals surface area contributed by atoms with E-state index in [2.05, 4.69) is 20.8 Å². The van der Waals surface area contributed by atoms with Gasteiger partial charge in [-0.15, -0.1) is 0 Å². The summed E-state index contributed by atoms with van der Waals surface area (Å²) in [6.07, 6.45) is 0. The van der Waals surface area contributed by atoms with E-state index in [9.17, 15) is 0 Å². The fraction of sp³-hybridized carbons (Fsp3) is 0.600. The van der Waals surface area contributed by atoms with Crippen LogP contribution in [0.5, 0.6) is 5.75 Å². The van der Waals surface area contributed by atoms with Crippen molar-refractivity contribution in [3.63, 3.8) is 0 Å². The number of hydrogen-bond acceptors (Lipinski definition) is 4. The van der Waals surface area contributed by atoms with E-state index < -0.39 is 0 Å². The summed E-state index contributed by atoms with van der Waals surface area (Å²) in [5.41, 5.74) is 7.34. The molecule has 4 heteroatoms. The van der Waals surface area contributed by atoms with Gasteiger partial charge < -0.3 is 15.2 Å². The van der Waals surface area contributed by atoms with Gasteiger partial charge in [0.2, 0.25) is 0 Å². The molecule has 0 fully saturated rings. The van der Waals surface area contributed by atoms with Crippen LogP contribution in [-0.2, 0) is 4.74 Å². The Kier molecular flexibility index (Phi) is 6.69. The van der Waals surface area contributed by atoms with Gasteiger partial charge in [0.15, 0.2) is 0 Å². The van der Waals surface area contributed by atoms with Crippen molar-refractivity contribution in [2.75, 3.05) is 26.1 Å². The van der Waals surface area contributed by atoms with Gasteiger partial charge in [0, 0.05) is 29.2 Å². The first-order valence-electron chi connectivity index (χ1n) is 6.54. The van der Waals surface area contributed by atoms with Crippen molar-refractivity contribution in [3.8, 4) is 5.75 Å². The molecule has 2 N–H and O–H groups in total.